The average molecular weight is 318 g/mol. The normalized spacial score (nSPS) is 12.5. The molecule has 0 aromatic heterocycles. The fraction of sp³-hybridized carbons (Fsp3) is 0.389. The summed E-state index contributed by atoms with van der Waals surface area (Å²) in [7, 11) is -1.50. The van der Waals surface area contributed by atoms with Crippen LogP contribution in [0.5, 0.6) is 0 Å². The van der Waals surface area contributed by atoms with E-state index >= 15 is 0 Å². The number of rotatable bonds is 9. The van der Waals surface area contributed by atoms with Crippen molar-refractivity contribution in [3.8, 4) is 0 Å². The number of esters is 1. The van der Waals surface area contributed by atoms with Gasteiger partial charge < -0.3 is 9.47 Å². The highest BCUT2D eigenvalue weighted by Gasteiger charge is 2.27. The van der Waals surface area contributed by atoms with E-state index in [0.29, 0.717) is 13.0 Å². The molecule has 1 rings (SSSR count). The smallest absolute Gasteiger partial charge is 0.335 e. The molecule has 0 amide bonds. The van der Waals surface area contributed by atoms with E-state index in [-0.39, 0.29) is 12.6 Å². The minimum absolute atomic E-state index is 0.257. The lowest BCUT2D eigenvalue weighted by Crippen LogP contribution is -2.32. The summed E-state index contributed by atoms with van der Waals surface area (Å²) in [5.74, 6) is -0.342. The Morgan fingerprint density at radius 1 is 1.27 bits per heavy atom. The highest BCUT2D eigenvalue weighted by molar-refractivity contribution is 6.83. The Morgan fingerprint density at radius 3 is 2.45 bits per heavy atom. The van der Waals surface area contributed by atoms with E-state index in [0.717, 1.165) is 10.8 Å². The first-order valence-corrected chi connectivity index (χ1v) is 11.0. The molecule has 4 heteroatoms. The van der Waals surface area contributed by atoms with Crippen LogP contribution in [0.15, 0.2) is 54.8 Å². The lowest BCUT2D eigenvalue weighted by atomic mass is 10.2. The van der Waals surface area contributed by atoms with Crippen molar-refractivity contribution in [2.45, 2.75) is 38.8 Å². The van der Waals surface area contributed by atoms with Crippen molar-refractivity contribution in [2.75, 3.05) is 6.61 Å². The first-order valence-electron chi connectivity index (χ1n) is 7.46. The highest BCUT2D eigenvalue weighted by atomic mass is 28.3. The summed E-state index contributed by atoms with van der Waals surface area (Å²) in [6, 6.07) is 9.62. The molecule has 1 aromatic rings. The molecule has 0 aliphatic carbocycles. The van der Waals surface area contributed by atoms with E-state index in [1.54, 1.807) is 6.08 Å². The van der Waals surface area contributed by atoms with Crippen LogP contribution in [0.2, 0.25) is 19.6 Å². The Morgan fingerprint density at radius 2 is 1.91 bits per heavy atom. The third-order valence-corrected chi connectivity index (χ3v) is 5.72. The molecule has 0 radical (unpaired) electrons. The first kappa shape index (κ1) is 18.4. The molecule has 22 heavy (non-hydrogen) atoms. The van der Waals surface area contributed by atoms with Crippen molar-refractivity contribution in [1.82, 2.24) is 0 Å². The van der Waals surface area contributed by atoms with Crippen LogP contribution in [0.3, 0.4) is 0 Å². The van der Waals surface area contributed by atoms with Crippen molar-refractivity contribution in [1.29, 1.82) is 0 Å². The lowest BCUT2D eigenvalue weighted by Gasteiger charge is -2.24. The molecule has 0 aliphatic rings. The zero-order chi connectivity index (χ0) is 16.6. The van der Waals surface area contributed by atoms with Crippen LogP contribution in [0.4, 0.5) is 0 Å². The van der Waals surface area contributed by atoms with Gasteiger partial charge in [-0.25, -0.2) is 4.79 Å². The number of ether oxygens (including phenoxy) is 2. The van der Waals surface area contributed by atoms with Gasteiger partial charge in [-0.3, -0.25) is 0 Å². The van der Waals surface area contributed by atoms with E-state index in [1.807, 2.05) is 30.3 Å². The number of benzene rings is 1. The molecule has 0 saturated carbocycles. The minimum Gasteiger partial charge on any atom is -0.459 e. The summed E-state index contributed by atoms with van der Waals surface area (Å²) >= 11 is 0. The highest BCUT2D eigenvalue weighted by Crippen LogP contribution is 2.20. The van der Waals surface area contributed by atoms with Gasteiger partial charge in [0.25, 0.3) is 0 Å². The summed E-state index contributed by atoms with van der Waals surface area (Å²) in [6.45, 7) is 14.9. The molecule has 0 heterocycles. The fourth-order valence-corrected chi connectivity index (χ4v) is 2.54. The fourth-order valence-electron chi connectivity index (χ4n) is 1.75. The maximum absolute atomic E-state index is 12.3. The number of hydrogen-bond donors (Lipinski definition) is 0. The second-order valence-electron chi connectivity index (χ2n) is 6.26. The number of carbonyl (C=O) groups excluding carboxylic acids is 1. The lowest BCUT2D eigenvalue weighted by molar-refractivity contribution is -0.157. The van der Waals surface area contributed by atoms with Crippen LogP contribution in [0.25, 0.3) is 0 Å². The van der Waals surface area contributed by atoms with E-state index in [1.165, 1.54) is 0 Å². The van der Waals surface area contributed by atoms with E-state index in [9.17, 15) is 4.79 Å². The molecule has 120 valence electrons. The zero-order valence-corrected chi connectivity index (χ0v) is 14.8. The monoisotopic (exact) mass is 318 g/mol. The summed E-state index contributed by atoms with van der Waals surface area (Å²) < 4.78 is 11.0. The second kappa shape index (κ2) is 8.71. The second-order valence-corrected chi connectivity index (χ2v) is 11.5. The molecule has 1 atom stereocenters. The van der Waals surface area contributed by atoms with Gasteiger partial charge in [-0.2, -0.15) is 0 Å². The van der Waals surface area contributed by atoms with Crippen molar-refractivity contribution >= 4 is 14.0 Å². The van der Waals surface area contributed by atoms with Crippen molar-refractivity contribution < 1.29 is 14.3 Å². The Hall–Kier alpha value is -1.65. The summed E-state index contributed by atoms with van der Waals surface area (Å²) in [5, 5.41) is 1.10. The van der Waals surface area contributed by atoms with Crippen molar-refractivity contribution in [3.63, 3.8) is 0 Å². The van der Waals surface area contributed by atoms with Crippen LogP contribution >= 0.6 is 0 Å². The topological polar surface area (TPSA) is 35.5 Å². The zero-order valence-electron chi connectivity index (χ0n) is 13.8. The van der Waals surface area contributed by atoms with Gasteiger partial charge in [0, 0.05) is 6.42 Å². The molecule has 3 nitrogen and oxygen atoms in total. The summed E-state index contributed by atoms with van der Waals surface area (Å²) in [6.07, 6.45) is 1.53. The van der Waals surface area contributed by atoms with Gasteiger partial charge in [0.15, 0.2) is 6.10 Å². The number of hydrogen-bond acceptors (Lipinski definition) is 3. The molecule has 0 bridgehead atoms. The Bertz CT molecular complexity index is 503. The third kappa shape index (κ3) is 6.41. The molecule has 0 N–H and O–H groups in total. The standard InChI is InChI=1S/C18H26O3Si/c1-6-12-20-17(13-15(2)22(3,4)5)18(19)21-14-16-10-8-7-9-11-16/h6-11,17H,1-2,12-14H2,3-5H3. The van der Waals surface area contributed by atoms with Gasteiger partial charge in [-0.05, 0) is 5.56 Å². The molecule has 0 spiro atoms. The van der Waals surface area contributed by atoms with Crippen molar-refractivity contribution in [2.24, 2.45) is 0 Å². The predicted molar refractivity (Wildman–Crippen MR) is 93.3 cm³/mol. The van der Waals surface area contributed by atoms with Gasteiger partial charge in [-0.1, -0.05) is 61.2 Å². The largest absolute Gasteiger partial charge is 0.459 e. The summed E-state index contributed by atoms with van der Waals surface area (Å²) in [4.78, 5) is 12.3. The summed E-state index contributed by atoms with van der Waals surface area (Å²) in [5.41, 5.74) is 0.961. The van der Waals surface area contributed by atoms with Crippen LogP contribution in [0, 0.1) is 0 Å². The third-order valence-electron chi connectivity index (χ3n) is 3.39. The van der Waals surface area contributed by atoms with Gasteiger partial charge >= 0.3 is 5.97 Å². The maximum atomic E-state index is 12.3. The molecule has 0 fully saturated rings. The Kier molecular flexibility index (Phi) is 7.28. The van der Waals surface area contributed by atoms with Crippen LogP contribution in [-0.4, -0.2) is 26.8 Å². The van der Waals surface area contributed by atoms with Crippen LogP contribution in [-0.2, 0) is 20.9 Å². The minimum atomic E-state index is -1.50. The van der Waals surface area contributed by atoms with Crippen LogP contribution < -0.4 is 0 Å². The Labute approximate surface area is 134 Å². The van der Waals surface area contributed by atoms with Gasteiger partial charge in [0.1, 0.15) is 6.61 Å². The average Bonchev–Trinajstić information content (AvgIpc) is 2.48. The predicted octanol–water partition coefficient (Wildman–Crippen LogP) is 4.12. The Balaban J connectivity index is 2.63. The molecular weight excluding hydrogens is 292 g/mol. The van der Waals surface area contributed by atoms with Gasteiger partial charge in [0.2, 0.25) is 0 Å². The molecule has 0 saturated heterocycles. The molecule has 0 aliphatic heterocycles. The van der Waals surface area contributed by atoms with E-state index < -0.39 is 14.2 Å². The first-order chi connectivity index (χ1) is 10.3. The SMILES string of the molecule is C=CCOC(CC(=C)[Si](C)(C)C)C(=O)OCc1ccccc1. The van der Waals surface area contributed by atoms with Gasteiger partial charge in [0.05, 0.1) is 14.7 Å². The molecule has 1 aromatic carbocycles. The number of carbonyl (C=O) groups is 1. The molecule has 1 unspecified atom stereocenters. The van der Waals surface area contributed by atoms with E-state index in [2.05, 4.69) is 32.8 Å². The van der Waals surface area contributed by atoms with E-state index in [4.69, 9.17) is 9.47 Å². The van der Waals surface area contributed by atoms with Gasteiger partial charge in [-0.15, -0.1) is 13.2 Å². The van der Waals surface area contributed by atoms with Crippen LogP contribution in [0.1, 0.15) is 12.0 Å². The molecular formula is C18H26O3Si. The maximum Gasteiger partial charge on any atom is 0.335 e. The quantitative estimate of drug-likeness (QED) is 0.390. The van der Waals surface area contributed by atoms with Crippen molar-refractivity contribution in [3.05, 3.63) is 60.3 Å².